The van der Waals surface area contributed by atoms with Crippen molar-refractivity contribution in [3.05, 3.63) is 34.3 Å². The number of carbonyl (C=O) groups is 2. The van der Waals surface area contributed by atoms with Crippen molar-refractivity contribution in [2.45, 2.75) is 19.1 Å². The van der Waals surface area contributed by atoms with Gasteiger partial charge >= 0.3 is 5.97 Å². The summed E-state index contributed by atoms with van der Waals surface area (Å²) in [6.07, 6.45) is -1.85. The number of carbonyl (C=O) groups excluding carboxylic acids is 1. The highest BCUT2D eigenvalue weighted by Crippen LogP contribution is 2.27. The topological polar surface area (TPSA) is 66.9 Å². The summed E-state index contributed by atoms with van der Waals surface area (Å²) in [5.74, 6) is -1.42. The minimum Gasteiger partial charge on any atom is -0.479 e. The number of hydrogen-bond donors (Lipinski definition) is 1. The number of ketones is 1. The molecule has 1 aromatic rings. The molecule has 0 aliphatic carbocycles. The molecule has 0 bridgehead atoms. The molecule has 1 heterocycles. The first kappa shape index (κ1) is 11.1. The molecule has 2 rings (SSSR count). The number of Topliss-reactive ketones (excluding diaryl/α,β-unsaturated/α-hetero) is 1. The van der Waals surface area contributed by atoms with Crippen LogP contribution in [0.25, 0.3) is 0 Å². The number of aliphatic carboxylic acids is 1. The zero-order chi connectivity index (χ0) is 11.9. The largest absolute Gasteiger partial charge is 0.479 e. The van der Waals surface area contributed by atoms with Gasteiger partial charge in [0.1, 0.15) is 0 Å². The molecular weight excluding hydrogens is 232 g/mol. The maximum Gasteiger partial charge on any atom is 0.336 e. The molecule has 84 valence electrons. The first-order valence-corrected chi connectivity index (χ1v) is 5.07. The third-order valence-corrected chi connectivity index (χ3v) is 2.86. The van der Waals surface area contributed by atoms with E-state index in [0.717, 1.165) is 5.56 Å². The number of ether oxygens (including phenoxy) is 1. The number of halogens is 1. The molecule has 0 aromatic heterocycles. The number of benzene rings is 1. The summed E-state index contributed by atoms with van der Waals surface area (Å²) in [6, 6.07) is 4.81. The third-order valence-electron chi connectivity index (χ3n) is 2.44. The highest BCUT2D eigenvalue weighted by molar-refractivity contribution is 6.31. The van der Waals surface area contributed by atoms with Gasteiger partial charge in [0.25, 0.3) is 0 Å². The summed E-state index contributed by atoms with van der Waals surface area (Å²) in [6.45, 7) is 1.78. The molecule has 1 saturated heterocycles. The molecule has 0 spiro atoms. The lowest BCUT2D eigenvalue weighted by atomic mass is 10.0. The van der Waals surface area contributed by atoms with Crippen molar-refractivity contribution >= 4 is 23.4 Å². The summed E-state index contributed by atoms with van der Waals surface area (Å²) in [7, 11) is 0. The van der Waals surface area contributed by atoms with E-state index in [1.807, 2.05) is 0 Å². The summed E-state index contributed by atoms with van der Waals surface area (Å²) in [4.78, 5) is 22.3. The van der Waals surface area contributed by atoms with E-state index in [2.05, 4.69) is 0 Å². The first-order chi connectivity index (χ1) is 7.50. The van der Waals surface area contributed by atoms with E-state index in [1.165, 1.54) is 0 Å². The van der Waals surface area contributed by atoms with Gasteiger partial charge in [0.05, 0.1) is 0 Å². The lowest BCUT2D eigenvalue weighted by Gasteiger charge is -2.01. The van der Waals surface area contributed by atoms with Gasteiger partial charge in [-0.05, 0) is 30.7 Å². The predicted molar refractivity (Wildman–Crippen MR) is 56.8 cm³/mol. The Morgan fingerprint density at radius 2 is 2.06 bits per heavy atom. The smallest absolute Gasteiger partial charge is 0.336 e. The van der Waals surface area contributed by atoms with Crippen molar-refractivity contribution in [1.82, 2.24) is 0 Å². The third kappa shape index (κ3) is 1.94. The van der Waals surface area contributed by atoms with E-state index in [9.17, 15) is 9.59 Å². The second-order valence-corrected chi connectivity index (χ2v) is 4.05. The molecule has 1 aromatic carbocycles. The Labute approximate surface area is 96.8 Å². The molecule has 2 unspecified atom stereocenters. The summed E-state index contributed by atoms with van der Waals surface area (Å²) in [5, 5.41) is 9.19. The molecule has 0 saturated carbocycles. The van der Waals surface area contributed by atoms with E-state index >= 15 is 0 Å². The Morgan fingerprint density at radius 3 is 2.56 bits per heavy atom. The number of aryl methyl sites for hydroxylation is 1. The lowest BCUT2D eigenvalue weighted by molar-refractivity contribution is -0.138. The van der Waals surface area contributed by atoms with Crippen LogP contribution in [0.5, 0.6) is 0 Å². The van der Waals surface area contributed by atoms with Gasteiger partial charge in [-0.3, -0.25) is 4.79 Å². The van der Waals surface area contributed by atoms with Gasteiger partial charge in [0, 0.05) is 10.6 Å². The Balaban J connectivity index is 2.17. The van der Waals surface area contributed by atoms with Gasteiger partial charge in [0.2, 0.25) is 0 Å². The van der Waals surface area contributed by atoms with Gasteiger partial charge < -0.3 is 9.84 Å². The van der Waals surface area contributed by atoms with Crippen LogP contribution in [0, 0.1) is 6.92 Å². The molecule has 1 N–H and O–H groups in total. The van der Waals surface area contributed by atoms with Crippen molar-refractivity contribution in [3.63, 3.8) is 0 Å². The zero-order valence-corrected chi connectivity index (χ0v) is 9.19. The van der Waals surface area contributed by atoms with Crippen molar-refractivity contribution in [3.8, 4) is 0 Å². The molecule has 5 heteroatoms. The molecular formula is C11H9ClO4. The van der Waals surface area contributed by atoms with Crippen LogP contribution in [-0.4, -0.2) is 29.1 Å². The number of hydrogen-bond acceptors (Lipinski definition) is 3. The van der Waals surface area contributed by atoms with E-state index in [1.54, 1.807) is 25.1 Å². The van der Waals surface area contributed by atoms with Gasteiger partial charge in [-0.1, -0.05) is 11.6 Å². The van der Waals surface area contributed by atoms with E-state index in [4.69, 9.17) is 21.4 Å². The highest BCUT2D eigenvalue weighted by atomic mass is 35.5. The maximum atomic E-state index is 11.8. The van der Waals surface area contributed by atoms with E-state index in [0.29, 0.717) is 10.6 Å². The predicted octanol–water partition coefficient (Wildman–Crippen LogP) is 1.68. The Bertz CT molecular complexity index is 469. The molecule has 1 aliphatic rings. The van der Waals surface area contributed by atoms with Crippen LogP contribution in [0.2, 0.25) is 5.02 Å². The molecule has 0 radical (unpaired) electrons. The molecule has 1 aliphatic heterocycles. The van der Waals surface area contributed by atoms with E-state index in [-0.39, 0.29) is 5.78 Å². The summed E-state index contributed by atoms with van der Waals surface area (Å²) in [5.41, 5.74) is 1.20. The number of carboxylic acids is 1. The Hall–Kier alpha value is -1.39. The van der Waals surface area contributed by atoms with Crippen LogP contribution < -0.4 is 0 Å². The van der Waals surface area contributed by atoms with Crippen LogP contribution in [0.15, 0.2) is 18.2 Å². The van der Waals surface area contributed by atoms with Crippen molar-refractivity contribution < 1.29 is 19.4 Å². The first-order valence-electron chi connectivity index (χ1n) is 4.69. The Morgan fingerprint density at radius 1 is 1.38 bits per heavy atom. The minimum atomic E-state index is -1.11. The number of epoxide rings is 1. The SMILES string of the molecule is Cc1cc(C(=O)C2OC2C(=O)O)ccc1Cl. The highest BCUT2D eigenvalue weighted by Gasteiger charge is 2.50. The van der Waals surface area contributed by atoms with Gasteiger partial charge in [0.15, 0.2) is 18.0 Å². The van der Waals surface area contributed by atoms with Gasteiger partial charge in [-0.15, -0.1) is 0 Å². The second-order valence-electron chi connectivity index (χ2n) is 3.64. The molecule has 2 atom stereocenters. The summed E-state index contributed by atoms with van der Waals surface area (Å²) < 4.78 is 4.78. The molecule has 16 heavy (non-hydrogen) atoms. The van der Waals surface area contributed by atoms with Crippen LogP contribution in [0.3, 0.4) is 0 Å². The monoisotopic (exact) mass is 240 g/mol. The maximum absolute atomic E-state index is 11.8. The lowest BCUT2D eigenvalue weighted by Crippen LogP contribution is -2.15. The number of rotatable bonds is 3. The van der Waals surface area contributed by atoms with Crippen LogP contribution in [0.4, 0.5) is 0 Å². The normalized spacial score (nSPS) is 22.9. The van der Waals surface area contributed by atoms with Crippen molar-refractivity contribution in [2.75, 3.05) is 0 Å². The Kier molecular flexibility index (Phi) is 2.69. The fraction of sp³-hybridized carbons (Fsp3) is 0.273. The second kappa shape index (κ2) is 3.88. The average Bonchev–Trinajstić information content (AvgIpc) is 3.01. The molecule has 0 amide bonds. The molecule has 1 fully saturated rings. The minimum absolute atomic E-state index is 0.313. The van der Waals surface area contributed by atoms with Crippen molar-refractivity contribution in [1.29, 1.82) is 0 Å². The quantitative estimate of drug-likeness (QED) is 0.645. The molecule has 4 nitrogen and oxygen atoms in total. The van der Waals surface area contributed by atoms with Crippen LogP contribution in [0.1, 0.15) is 15.9 Å². The fourth-order valence-corrected chi connectivity index (χ4v) is 1.58. The zero-order valence-electron chi connectivity index (χ0n) is 8.44. The number of carboxylic acid groups (broad SMARTS) is 1. The van der Waals surface area contributed by atoms with Gasteiger partial charge in [-0.25, -0.2) is 4.79 Å². The van der Waals surface area contributed by atoms with Crippen molar-refractivity contribution in [2.24, 2.45) is 0 Å². The van der Waals surface area contributed by atoms with Crippen LogP contribution in [-0.2, 0) is 9.53 Å². The average molecular weight is 241 g/mol. The summed E-state index contributed by atoms with van der Waals surface area (Å²) >= 11 is 5.82. The standard InChI is InChI=1S/C11H9ClO4/c1-5-4-6(2-3-7(5)12)8(13)9-10(16-9)11(14)15/h2-4,9-10H,1H3,(H,14,15). The van der Waals surface area contributed by atoms with E-state index < -0.39 is 18.2 Å². The van der Waals surface area contributed by atoms with Crippen LogP contribution >= 0.6 is 11.6 Å². The van der Waals surface area contributed by atoms with Gasteiger partial charge in [-0.2, -0.15) is 0 Å². The fourth-order valence-electron chi connectivity index (χ4n) is 1.46.